The van der Waals surface area contributed by atoms with E-state index in [1.54, 1.807) is 12.2 Å². The highest BCUT2D eigenvalue weighted by Crippen LogP contribution is 1.85. The maximum absolute atomic E-state index is 10.8. The lowest BCUT2D eigenvalue weighted by Crippen LogP contribution is -2.37. The zero-order valence-electron chi connectivity index (χ0n) is 7.63. The molecular weight excluding hydrogens is 212 g/mol. The van der Waals surface area contributed by atoms with Gasteiger partial charge in [-0.2, -0.15) is 5.48 Å². The average Bonchev–Trinajstić information content (AvgIpc) is 2.15. The summed E-state index contributed by atoms with van der Waals surface area (Å²) in [5.74, 6) is -1.47. The normalized spacial score (nSPS) is 9.00. The number of hydrogen-bond acceptors (Lipinski definition) is 4. The summed E-state index contributed by atoms with van der Waals surface area (Å²) in [4.78, 5) is 36.2. The Balaban J connectivity index is 3.63. The third-order valence-electron chi connectivity index (χ3n) is 1.10. The second kappa shape index (κ2) is 7.14. The molecular formula is C7H11ClN2O4. The molecule has 0 rings (SSSR count). The predicted octanol–water partition coefficient (Wildman–Crippen LogP) is 0.309. The molecule has 0 fully saturated rings. The molecule has 7 heteroatoms. The minimum absolute atomic E-state index is 0.247. The summed E-state index contributed by atoms with van der Waals surface area (Å²) in [6.45, 7) is 1.80. The summed E-state index contributed by atoms with van der Waals surface area (Å²) in [6.07, 6.45) is -0.172. The van der Waals surface area contributed by atoms with Crippen LogP contribution in [0.25, 0.3) is 0 Å². The summed E-state index contributed by atoms with van der Waals surface area (Å²) >= 11 is 5.10. The van der Waals surface area contributed by atoms with Crippen molar-refractivity contribution in [3.63, 3.8) is 0 Å². The number of imide groups is 1. The molecule has 0 saturated carbocycles. The van der Waals surface area contributed by atoms with Gasteiger partial charge in [0.05, 0.1) is 0 Å². The van der Waals surface area contributed by atoms with E-state index in [4.69, 9.17) is 11.6 Å². The molecule has 3 amide bonds. The first kappa shape index (κ1) is 12.7. The number of rotatable bonds is 3. The Kier molecular flexibility index (Phi) is 6.47. The molecule has 2 N–H and O–H groups in total. The molecule has 0 aliphatic heterocycles. The lowest BCUT2D eigenvalue weighted by atomic mass is 10.3. The standard InChI is InChI=1S/C7H11ClN2O4/c1-2-3-5(11)10-14-7(13)9-6(12)4-8/h2-4H2,1H3,(H,10,11)(H,9,12,13). The molecule has 14 heavy (non-hydrogen) atoms. The fraction of sp³-hybridized carbons (Fsp3) is 0.571. The number of hydrogen-bond donors (Lipinski definition) is 2. The van der Waals surface area contributed by atoms with Gasteiger partial charge < -0.3 is 4.84 Å². The van der Waals surface area contributed by atoms with Crippen LogP contribution in [0.3, 0.4) is 0 Å². The smallest absolute Gasteiger partial charge is 0.321 e. The number of nitrogens with one attached hydrogen (secondary N) is 2. The SMILES string of the molecule is CCCC(=O)NOC(=O)NC(=O)CCl. The van der Waals surface area contributed by atoms with Crippen LogP contribution in [0, 0.1) is 0 Å². The van der Waals surface area contributed by atoms with Crippen molar-refractivity contribution >= 4 is 29.5 Å². The van der Waals surface area contributed by atoms with Gasteiger partial charge in [0, 0.05) is 6.42 Å². The second-order valence-electron chi connectivity index (χ2n) is 2.35. The fourth-order valence-electron chi connectivity index (χ4n) is 0.554. The molecule has 0 aromatic heterocycles. The summed E-state index contributed by atoms with van der Waals surface area (Å²) < 4.78 is 0. The molecule has 0 radical (unpaired) electrons. The van der Waals surface area contributed by atoms with Crippen LogP contribution in [0.15, 0.2) is 0 Å². The van der Waals surface area contributed by atoms with Gasteiger partial charge in [0.25, 0.3) is 5.91 Å². The van der Waals surface area contributed by atoms with Crippen LogP contribution in [-0.4, -0.2) is 23.8 Å². The van der Waals surface area contributed by atoms with E-state index in [0.29, 0.717) is 6.42 Å². The number of amides is 3. The highest BCUT2D eigenvalue weighted by molar-refractivity contribution is 6.28. The zero-order valence-corrected chi connectivity index (χ0v) is 8.39. The van der Waals surface area contributed by atoms with Gasteiger partial charge in [0.1, 0.15) is 5.88 Å². The summed E-state index contributed by atoms with van der Waals surface area (Å²) in [6, 6.07) is 0. The van der Waals surface area contributed by atoms with Crippen molar-refractivity contribution in [1.82, 2.24) is 10.8 Å². The van der Waals surface area contributed by atoms with Crippen LogP contribution >= 0.6 is 11.6 Å². The van der Waals surface area contributed by atoms with Crippen LogP contribution in [0.5, 0.6) is 0 Å². The van der Waals surface area contributed by atoms with Gasteiger partial charge in [-0.1, -0.05) is 6.92 Å². The molecule has 0 unspecified atom stereocenters. The van der Waals surface area contributed by atoms with E-state index < -0.39 is 17.9 Å². The average molecular weight is 223 g/mol. The van der Waals surface area contributed by atoms with Gasteiger partial charge in [-0.05, 0) is 6.42 Å². The molecule has 0 aliphatic rings. The molecule has 0 aromatic carbocycles. The largest absolute Gasteiger partial charge is 0.438 e. The van der Waals surface area contributed by atoms with Gasteiger partial charge in [-0.3, -0.25) is 14.9 Å². The number of carbonyl (C=O) groups is 3. The summed E-state index contributed by atoms with van der Waals surface area (Å²) in [7, 11) is 0. The van der Waals surface area contributed by atoms with Crippen LogP contribution in [0.2, 0.25) is 0 Å². The Morgan fingerprint density at radius 3 is 2.43 bits per heavy atom. The van der Waals surface area contributed by atoms with Gasteiger partial charge in [-0.25, -0.2) is 4.79 Å². The van der Waals surface area contributed by atoms with E-state index in [0.717, 1.165) is 0 Å². The van der Waals surface area contributed by atoms with E-state index in [-0.39, 0.29) is 12.3 Å². The minimum Gasteiger partial charge on any atom is -0.321 e. The Hall–Kier alpha value is -1.30. The molecule has 0 spiro atoms. The van der Waals surface area contributed by atoms with Crippen molar-refractivity contribution in [2.75, 3.05) is 5.88 Å². The molecule has 0 bridgehead atoms. The van der Waals surface area contributed by atoms with Crippen LogP contribution in [-0.2, 0) is 14.4 Å². The van der Waals surface area contributed by atoms with E-state index in [2.05, 4.69) is 4.84 Å². The Morgan fingerprint density at radius 1 is 1.29 bits per heavy atom. The number of halogens is 1. The van der Waals surface area contributed by atoms with E-state index in [1.165, 1.54) is 0 Å². The summed E-state index contributed by atoms with van der Waals surface area (Å²) in [5.41, 5.74) is 1.87. The number of alkyl halides is 1. The molecule has 0 heterocycles. The first-order chi connectivity index (χ1) is 6.60. The summed E-state index contributed by atoms with van der Waals surface area (Å²) in [5, 5.41) is 1.78. The maximum Gasteiger partial charge on any atom is 0.438 e. The van der Waals surface area contributed by atoms with Gasteiger partial charge in [0.2, 0.25) is 5.91 Å². The van der Waals surface area contributed by atoms with Crippen LogP contribution in [0.4, 0.5) is 4.79 Å². The first-order valence-electron chi connectivity index (χ1n) is 3.95. The monoisotopic (exact) mass is 222 g/mol. The van der Waals surface area contributed by atoms with E-state index in [1.807, 2.05) is 5.48 Å². The van der Waals surface area contributed by atoms with Crippen LogP contribution < -0.4 is 10.8 Å². The Labute approximate surface area is 85.9 Å². The number of carbonyl (C=O) groups excluding carboxylic acids is 3. The molecule has 0 aromatic rings. The van der Waals surface area contributed by atoms with Crippen molar-refractivity contribution in [3.8, 4) is 0 Å². The molecule has 0 atom stereocenters. The first-order valence-corrected chi connectivity index (χ1v) is 4.49. The zero-order chi connectivity index (χ0) is 11.0. The molecule has 0 saturated heterocycles. The molecule has 0 aliphatic carbocycles. The lowest BCUT2D eigenvalue weighted by Gasteiger charge is -2.04. The third-order valence-corrected chi connectivity index (χ3v) is 1.34. The van der Waals surface area contributed by atoms with Crippen molar-refractivity contribution in [2.24, 2.45) is 0 Å². The van der Waals surface area contributed by atoms with Crippen LogP contribution in [0.1, 0.15) is 19.8 Å². The molecule has 6 nitrogen and oxygen atoms in total. The quantitative estimate of drug-likeness (QED) is 0.532. The van der Waals surface area contributed by atoms with Crippen molar-refractivity contribution in [2.45, 2.75) is 19.8 Å². The topological polar surface area (TPSA) is 84.5 Å². The highest BCUT2D eigenvalue weighted by atomic mass is 35.5. The van der Waals surface area contributed by atoms with Crippen molar-refractivity contribution in [1.29, 1.82) is 0 Å². The van der Waals surface area contributed by atoms with E-state index >= 15 is 0 Å². The van der Waals surface area contributed by atoms with Crippen molar-refractivity contribution in [3.05, 3.63) is 0 Å². The van der Waals surface area contributed by atoms with Gasteiger partial charge in [-0.15, -0.1) is 11.6 Å². The lowest BCUT2D eigenvalue weighted by molar-refractivity contribution is -0.130. The minimum atomic E-state index is -1.06. The van der Waals surface area contributed by atoms with E-state index in [9.17, 15) is 14.4 Å². The Morgan fingerprint density at radius 2 is 1.93 bits per heavy atom. The predicted molar refractivity (Wildman–Crippen MR) is 48.4 cm³/mol. The maximum atomic E-state index is 10.8. The van der Waals surface area contributed by atoms with Gasteiger partial charge in [0.15, 0.2) is 0 Å². The highest BCUT2D eigenvalue weighted by Gasteiger charge is 2.08. The Bertz CT molecular complexity index is 232. The number of hydroxylamine groups is 1. The third kappa shape index (κ3) is 6.24. The second-order valence-corrected chi connectivity index (χ2v) is 2.61. The fourth-order valence-corrected chi connectivity index (χ4v) is 0.621. The van der Waals surface area contributed by atoms with Gasteiger partial charge >= 0.3 is 6.09 Å². The molecule has 80 valence electrons. The van der Waals surface area contributed by atoms with Crippen molar-refractivity contribution < 1.29 is 19.2 Å².